The van der Waals surface area contributed by atoms with Gasteiger partial charge in [0.25, 0.3) is 5.56 Å². The highest BCUT2D eigenvalue weighted by Crippen LogP contribution is 2.63. The minimum Gasteiger partial charge on any atom is -0.396 e. The van der Waals surface area contributed by atoms with E-state index < -0.39 is 81.7 Å². The number of aromatic amines is 1. The maximum atomic E-state index is 14.5. The normalized spacial score (nSPS) is 30.1. The van der Waals surface area contributed by atoms with Gasteiger partial charge in [0.05, 0.1) is 51.7 Å². The molecule has 6 heterocycles. The molecule has 3 aromatic rings. The number of carbonyl (C=O) groups excluding carboxylic acids is 1. The van der Waals surface area contributed by atoms with Crippen LogP contribution in [0.25, 0.3) is 11.2 Å². The number of Topliss-reactive ketones (excluding diaryl/α,β-unsaturated/α-hetero) is 1. The van der Waals surface area contributed by atoms with Crippen LogP contribution in [0.4, 0.5) is 5.82 Å². The molecule has 0 radical (unpaired) electrons. The minimum atomic E-state index is -4.82. The molecule has 0 saturated carbocycles. The lowest BCUT2D eigenvalue weighted by molar-refractivity contribution is -0.121. The highest BCUT2D eigenvalue weighted by atomic mass is 32.7. The Morgan fingerprint density at radius 1 is 0.927 bits per heavy atom. The Labute approximate surface area is 315 Å². The van der Waals surface area contributed by atoms with Crippen LogP contribution in [0.5, 0.6) is 0 Å². The molecule has 8 atom stereocenters. The van der Waals surface area contributed by atoms with Crippen LogP contribution < -0.4 is 17.0 Å². The number of imidazole rings is 1. The van der Waals surface area contributed by atoms with E-state index in [1.165, 1.54) is 23.4 Å². The van der Waals surface area contributed by atoms with Crippen molar-refractivity contribution in [3.05, 3.63) is 45.8 Å². The quantitative estimate of drug-likeness (QED) is 0.111. The van der Waals surface area contributed by atoms with Crippen LogP contribution in [0, 0.1) is 0 Å². The number of hydrogen-bond donors (Lipinski definition) is 4. The number of fused-ring (bicyclic) bond motifs is 3. The third kappa shape index (κ3) is 11.1. The third-order valence-electron chi connectivity index (χ3n) is 8.39. The monoisotopic (exact) mass is 837 g/mol. The number of rotatable bonds is 16. The van der Waals surface area contributed by atoms with Gasteiger partial charge in [-0.25, -0.2) is 28.9 Å². The Kier molecular flexibility index (Phi) is 14.4. The van der Waals surface area contributed by atoms with Gasteiger partial charge in [0.15, 0.2) is 17.2 Å². The van der Waals surface area contributed by atoms with Crippen molar-refractivity contribution >= 4 is 48.8 Å². The number of hydrogen-bond acceptors (Lipinski definition) is 20. The van der Waals surface area contributed by atoms with Gasteiger partial charge in [-0.15, -0.1) is 0 Å². The third-order valence-corrected chi connectivity index (χ3v) is 13.1. The van der Waals surface area contributed by atoms with E-state index in [0.29, 0.717) is 48.8 Å². The van der Waals surface area contributed by atoms with E-state index >= 15 is 0 Å². The van der Waals surface area contributed by atoms with Crippen LogP contribution in [-0.2, 0) is 55.7 Å². The predicted octanol–water partition coefficient (Wildman–Crippen LogP) is 0.294. The Morgan fingerprint density at radius 3 is 2.33 bits per heavy atom. The Hall–Kier alpha value is -2.93. The molecule has 2 unspecified atom stereocenters. The number of H-pyrrole nitrogens is 1. The number of nitrogens with one attached hydrogen (secondary N) is 1. The second kappa shape index (κ2) is 19.0. The molecule has 0 aromatic carbocycles. The van der Waals surface area contributed by atoms with E-state index in [0.717, 1.165) is 10.6 Å². The van der Waals surface area contributed by atoms with E-state index in [9.17, 15) is 28.4 Å². The fourth-order valence-electron chi connectivity index (χ4n) is 5.78. The molecule has 304 valence electrons. The summed E-state index contributed by atoms with van der Waals surface area (Å²) < 4.78 is 81.3. The van der Waals surface area contributed by atoms with Crippen molar-refractivity contribution in [1.82, 2.24) is 29.1 Å². The molecular weight excluding hydrogens is 796 g/mol. The van der Waals surface area contributed by atoms with Gasteiger partial charge >= 0.3 is 20.3 Å². The molecule has 5 N–H and O–H groups in total. The van der Waals surface area contributed by atoms with Crippen molar-refractivity contribution in [3.63, 3.8) is 0 Å². The zero-order chi connectivity index (χ0) is 39.0. The molecule has 0 aliphatic carbocycles. The fraction of sp³-hybridized carbons (Fsp3) is 0.655. The molecule has 0 amide bonds. The molecule has 0 spiro atoms. The lowest BCUT2D eigenvalue weighted by Gasteiger charge is -2.28. The smallest absolute Gasteiger partial charge is 0.396 e. The van der Waals surface area contributed by atoms with Gasteiger partial charge in [-0.1, -0.05) is 0 Å². The van der Waals surface area contributed by atoms with Crippen LogP contribution in [0.15, 0.2) is 34.5 Å². The standard InChI is InChI=1S/C29H41N7O16P2S/c30-27-26-28(32-16-31-27)36(17-33-26)25-10-19-22(50-25)14-48-54(43,55-15-18(38)12-46-9-8-45-7-6-44-5-1-4-37)52-20-11-24(35-3-2-23(39)34-29(35)40)49-21(20)13-47-53(41,42)51-19/h2-3,16-17,19-22,24-25,37H,1,4-15H2,(H,41,42)(H2,30,31,32)(H,34,39,40)/t19-,20-,21+,22+,24+,25+,54?/m0/s1. The fourth-order valence-corrected chi connectivity index (χ4v) is 10.0. The van der Waals surface area contributed by atoms with Gasteiger partial charge in [-0.05, 0) is 17.8 Å². The number of carbonyl (C=O) groups is 1. The van der Waals surface area contributed by atoms with E-state index in [-0.39, 0.29) is 50.8 Å². The van der Waals surface area contributed by atoms with Crippen LogP contribution in [0.2, 0.25) is 0 Å². The van der Waals surface area contributed by atoms with Crippen molar-refractivity contribution in [2.24, 2.45) is 0 Å². The van der Waals surface area contributed by atoms with Crippen molar-refractivity contribution in [1.29, 1.82) is 0 Å². The molecule has 3 aliphatic heterocycles. The number of nitrogens with two attached hydrogens (primary N) is 1. The molecule has 23 nitrogen and oxygen atoms in total. The van der Waals surface area contributed by atoms with E-state index in [2.05, 4.69) is 19.9 Å². The summed E-state index contributed by atoms with van der Waals surface area (Å²) in [5.74, 6) is -0.684. The van der Waals surface area contributed by atoms with E-state index in [4.69, 9.17) is 52.6 Å². The molecule has 0 bridgehead atoms. The highest BCUT2D eigenvalue weighted by molar-refractivity contribution is 8.55. The second-order valence-corrected chi connectivity index (χ2v) is 17.7. The molecule has 3 fully saturated rings. The number of aromatic nitrogens is 6. The number of ketones is 1. The number of phosphoric acid groups is 1. The molecular formula is C29H41N7O16P2S. The zero-order valence-electron chi connectivity index (χ0n) is 29.2. The molecule has 3 aliphatic rings. The van der Waals surface area contributed by atoms with Crippen LogP contribution >= 0.6 is 26.0 Å². The topological polar surface area (TPSA) is 299 Å². The Morgan fingerprint density at radius 2 is 1.60 bits per heavy atom. The summed E-state index contributed by atoms with van der Waals surface area (Å²) in [6, 6.07) is 1.10. The average molecular weight is 838 g/mol. The van der Waals surface area contributed by atoms with Crippen LogP contribution in [0.3, 0.4) is 0 Å². The zero-order valence-corrected chi connectivity index (χ0v) is 31.8. The number of nitrogens with zero attached hydrogens (tertiary/aromatic N) is 5. The summed E-state index contributed by atoms with van der Waals surface area (Å²) in [7, 11) is -4.82. The second-order valence-electron chi connectivity index (χ2n) is 12.3. The first-order valence-corrected chi connectivity index (χ1v) is 21.7. The van der Waals surface area contributed by atoms with Gasteiger partial charge < -0.3 is 39.4 Å². The van der Waals surface area contributed by atoms with Gasteiger partial charge in [-0.3, -0.25) is 41.8 Å². The van der Waals surface area contributed by atoms with E-state index in [1.54, 1.807) is 0 Å². The summed E-state index contributed by atoms with van der Waals surface area (Å²) >= 11 is 0.584. The Bertz CT molecular complexity index is 1980. The van der Waals surface area contributed by atoms with Gasteiger partial charge in [0, 0.05) is 38.3 Å². The number of phosphoric ester groups is 1. The largest absolute Gasteiger partial charge is 0.472 e. The number of ether oxygens (including phenoxy) is 5. The lowest BCUT2D eigenvalue weighted by Crippen LogP contribution is -2.33. The first kappa shape index (κ1) is 41.7. The number of nitrogen functional groups attached to an aromatic ring is 1. The molecule has 6 rings (SSSR count). The van der Waals surface area contributed by atoms with Crippen molar-refractivity contribution in [2.45, 2.75) is 56.1 Å². The summed E-state index contributed by atoms with van der Waals surface area (Å²) in [6.07, 6.45) is -2.40. The van der Waals surface area contributed by atoms with E-state index in [1.807, 2.05) is 0 Å². The average Bonchev–Trinajstić information content (AvgIpc) is 3.87. The number of aliphatic hydroxyl groups excluding tert-OH is 1. The van der Waals surface area contributed by atoms with Crippen molar-refractivity contribution in [2.75, 3.05) is 70.9 Å². The summed E-state index contributed by atoms with van der Waals surface area (Å²) in [4.78, 5) is 62.3. The van der Waals surface area contributed by atoms with Gasteiger partial charge in [-0.2, -0.15) is 0 Å². The van der Waals surface area contributed by atoms with Crippen LogP contribution in [0.1, 0.15) is 31.7 Å². The number of aliphatic hydroxyl groups is 1. The number of anilines is 1. The summed E-state index contributed by atoms with van der Waals surface area (Å²) in [5.41, 5.74) is 5.10. The highest BCUT2D eigenvalue weighted by Gasteiger charge is 2.48. The first-order valence-electron chi connectivity index (χ1n) is 17.1. The first-order chi connectivity index (χ1) is 26.4. The SMILES string of the molecule is Nc1ncnc2c1ncn2[C@H]1C[C@@H]2OP(=O)(O)OC[C@H]3O[C@@H](n4ccc(=O)[nH]c4=O)C[C@@H]3OP(=O)(SCC(=O)COCCOCCOCCCO)OC[C@H]2O1. The van der Waals surface area contributed by atoms with Gasteiger partial charge in [0.2, 0.25) is 0 Å². The van der Waals surface area contributed by atoms with Gasteiger partial charge in [0.1, 0.15) is 55.3 Å². The minimum absolute atomic E-state index is 0.0361. The summed E-state index contributed by atoms with van der Waals surface area (Å²) in [5, 5.41) is 8.77. The maximum absolute atomic E-state index is 14.5. The van der Waals surface area contributed by atoms with Crippen molar-refractivity contribution in [3.8, 4) is 0 Å². The molecule has 3 aromatic heterocycles. The molecule has 55 heavy (non-hydrogen) atoms. The molecule has 26 heteroatoms. The summed E-state index contributed by atoms with van der Waals surface area (Å²) in [6.45, 7) is -4.36. The van der Waals surface area contributed by atoms with Crippen LogP contribution in [-0.4, -0.2) is 134 Å². The molecule has 3 saturated heterocycles. The maximum Gasteiger partial charge on any atom is 0.472 e. The predicted molar refractivity (Wildman–Crippen MR) is 189 cm³/mol. The Balaban J connectivity index is 1.15. The van der Waals surface area contributed by atoms with Crippen molar-refractivity contribution < 1.29 is 65.7 Å². The lowest BCUT2D eigenvalue weighted by atomic mass is 10.2.